The van der Waals surface area contributed by atoms with Gasteiger partial charge in [0.25, 0.3) is 0 Å². The first-order valence-corrected chi connectivity index (χ1v) is 14.0. The average molecular weight is 565 g/mol. The van der Waals surface area contributed by atoms with Crippen LogP contribution in [0.4, 0.5) is 15.9 Å². The van der Waals surface area contributed by atoms with Crippen LogP contribution >= 0.6 is 0 Å². The first-order valence-electron chi connectivity index (χ1n) is 14.0. The Morgan fingerprint density at radius 2 is 1.90 bits per heavy atom. The van der Waals surface area contributed by atoms with E-state index in [1.54, 1.807) is 37.6 Å². The van der Waals surface area contributed by atoms with E-state index in [1.807, 2.05) is 28.6 Å². The molecule has 2 bridgehead atoms. The van der Waals surface area contributed by atoms with Crippen molar-refractivity contribution in [3.8, 4) is 11.5 Å². The van der Waals surface area contributed by atoms with Crippen molar-refractivity contribution in [2.24, 2.45) is 7.05 Å². The van der Waals surface area contributed by atoms with Gasteiger partial charge in [0.2, 0.25) is 5.91 Å². The van der Waals surface area contributed by atoms with Crippen LogP contribution in [-0.4, -0.2) is 52.4 Å². The molecular formula is C31H29FN8O2. The third-order valence-electron chi connectivity index (χ3n) is 8.43. The van der Waals surface area contributed by atoms with Gasteiger partial charge in [0, 0.05) is 42.4 Å². The normalized spacial score (nSPS) is 19.8. The first kappa shape index (κ1) is 26.0. The number of anilines is 2. The lowest BCUT2D eigenvalue weighted by atomic mass is 9.87. The summed E-state index contributed by atoms with van der Waals surface area (Å²) in [6.07, 6.45) is 9.82. The number of hydrogen-bond acceptors (Lipinski definition) is 8. The third-order valence-corrected chi connectivity index (χ3v) is 8.43. The van der Waals surface area contributed by atoms with Gasteiger partial charge in [-0.05, 0) is 62.9 Å². The quantitative estimate of drug-likeness (QED) is 0.261. The molecule has 2 aliphatic heterocycles. The van der Waals surface area contributed by atoms with Crippen LogP contribution in [0.2, 0.25) is 0 Å². The van der Waals surface area contributed by atoms with Gasteiger partial charge in [0.05, 0.1) is 23.7 Å². The number of halogens is 1. The molecule has 1 unspecified atom stereocenters. The largest absolute Gasteiger partial charge is 0.455 e. The molecule has 0 spiro atoms. The Bertz CT molecular complexity index is 1860. The Morgan fingerprint density at radius 1 is 1.10 bits per heavy atom. The van der Waals surface area contributed by atoms with Crippen molar-refractivity contribution in [1.29, 1.82) is 0 Å². The van der Waals surface area contributed by atoms with Gasteiger partial charge in [0.15, 0.2) is 17.3 Å². The molecule has 1 amide bonds. The van der Waals surface area contributed by atoms with Crippen LogP contribution in [0.25, 0.3) is 22.2 Å². The maximum atomic E-state index is 15.6. The van der Waals surface area contributed by atoms with Crippen molar-refractivity contribution < 1.29 is 13.9 Å². The molecule has 0 aliphatic carbocycles. The standard InChI is InChI=1S/C31H29FN8O2/c1-4-27(41)40-19-5-6-20(40)12-18(11-19)22-7-8-24-29(37-22)30(35-15-34-24)38-23-9-10-26(17(2)28(23)32)42-21-13-25-31(33-14-21)39(3)16-36-25/h4,7-10,13-16,18-20H,1,5-6,11-12H2,2-3H3,(H,34,35,38)/t18?,19-,20+. The fraction of sp³-hybridized carbons (Fsp3) is 0.290. The fourth-order valence-electron chi connectivity index (χ4n) is 6.34. The van der Waals surface area contributed by atoms with Gasteiger partial charge in [-0.3, -0.25) is 4.79 Å². The molecule has 2 aliphatic rings. The molecule has 2 saturated heterocycles. The van der Waals surface area contributed by atoms with E-state index in [2.05, 4.69) is 31.8 Å². The number of aryl methyl sites for hydroxylation is 1. The number of nitrogens with one attached hydrogen (secondary N) is 1. The molecule has 10 nitrogen and oxygen atoms in total. The fourth-order valence-corrected chi connectivity index (χ4v) is 6.34. The summed E-state index contributed by atoms with van der Waals surface area (Å²) in [4.78, 5) is 36.8. The molecule has 212 valence electrons. The summed E-state index contributed by atoms with van der Waals surface area (Å²) in [6, 6.07) is 9.42. The Morgan fingerprint density at radius 3 is 2.69 bits per heavy atom. The van der Waals surface area contributed by atoms with E-state index in [0.717, 1.165) is 37.0 Å². The van der Waals surface area contributed by atoms with Crippen LogP contribution in [0.15, 0.2) is 61.8 Å². The van der Waals surface area contributed by atoms with Gasteiger partial charge in [-0.1, -0.05) is 6.58 Å². The van der Waals surface area contributed by atoms with E-state index in [1.165, 1.54) is 12.4 Å². The number of aromatic nitrogens is 6. The summed E-state index contributed by atoms with van der Waals surface area (Å²) in [5.41, 5.74) is 4.18. The summed E-state index contributed by atoms with van der Waals surface area (Å²) in [7, 11) is 1.87. The number of imidazole rings is 1. The summed E-state index contributed by atoms with van der Waals surface area (Å²) in [6.45, 7) is 5.33. The highest BCUT2D eigenvalue weighted by Gasteiger charge is 2.43. The molecule has 0 radical (unpaired) electrons. The summed E-state index contributed by atoms with van der Waals surface area (Å²) in [5, 5.41) is 3.13. The number of nitrogens with zero attached hydrogens (tertiary/aromatic N) is 7. The number of piperidine rings is 1. The zero-order chi connectivity index (χ0) is 29.0. The van der Waals surface area contributed by atoms with E-state index in [-0.39, 0.29) is 29.6 Å². The predicted molar refractivity (Wildman–Crippen MR) is 156 cm³/mol. The number of benzene rings is 1. The Balaban J connectivity index is 1.14. The van der Waals surface area contributed by atoms with E-state index in [0.29, 0.717) is 39.4 Å². The van der Waals surface area contributed by atoms with E-state index in [4.69, 9.17) is 9.72 Å². The van der Waals surface area contributed by atoms with Crippen molar-refractivity contribution in [2.75, 3.05) is 5.32 Å². The lowest BCUT2D eigenvalue weighted by Crippen LogP contribution is -2.45. The molecule has 1 N–H and O–H groups in total. The first-order chi connectivity index (χ1) is 20.4. The second-order valence-electron chi connectivity index (χ2n) is 11.0. The Hall–Kier alpha value is -4.93. The molecule has 6 heterocycles. The number of hydrogen-bond donors (Lipinski definition) is 1. The van der Waals surface area contributed by atoms with Gasteiger partial charge >= 0.3 is 0 Å². The van der Waals surface area contributed by atoms with E-state index >= 15 is 4.39 Å². The number of rotatable bonds is 6. The molecule has 7 rings (SSSR count). The minimum atomic E-state index is -0.460. The minimum absolute atomic E-state index is 0.00647. The zero-order valence-electron chi connectivity index (χ0n) is 23.3. The lowest BCUT2D eigenvalue weighted by molar-refractivity contribution is -0.130. The molecule has 2 fully saturated rings. The van der Waals surface area contributed by atoms with Crippen LogP contribution in [0.5, 0.6) is 11.5 Å². The van der Waals surface area contributed by atoms with Gasteiger partial charge in [-0.25, -0.2) is 29.3 Å². The molecule has 1 aromatic carbocycles. The number of ether oxygens (including phenoxy) is 1. The second kappa shape index (κ2) is 10.2. The van der Waals surface area contributed by atoms with E-state index in [9.17, 15) is 4.79 Å². The number of pyridine rings is 2. The van der Waals surface area contributed by atoms with Gasteiger partial charge < -0.3 is 19.5 Å². The van der Waals surface area contributed by atoms with Crippen LogP contribution < -0.4 is 10.1 Å². The molecule has 4 aromatic heterocycles. The van der Waals surface area contributed by atoms with Crippen molar-refractivity contribution in [3.63, 3.8) is 0 Å². The molecule has 0 saturated carbocycles. The zero-order valence-corrected chi connectivity index (χ0v) is 23.3. The number of fused-ring (bicyclic) bond motifs is 4. The molecule has 11 heteroatoms. The number of amides is 1. The molecule has 5 aromatic rings. The molecular weight excluding hydrogens is 535 g/mol. The van der Waals surface area contributed by atoms with Crippen molar-refractivity contribution in [1.82, 2.24) is 34.4 Å². The van der Waals surface area contributed by atoms with Crippen LogP contribution in [0.1, 0.15) is 42.9 Å². The average Bonchev–Trinajstić information content (AvgIpc) is 3.51. The Labute approximate surface area is 241 Å². The smallest absolute Gasteiger partial charge is 0.246 e. The van der Waals surface area contributed by atoms with Gasteiger partial charge in [0.1, 0.15) is 28.9 Å². The summed E-state index contributed by atoms with van der Waals surface area (Å²) < 4.78 is 23.4. The summed E-state index contributed by atoms with van der Waals surface area (Å²) >= 11 is 0. The monoisotopic (exact) mass is 564 g/mol. The summed E-state index contributed by atoms with van der Waals surface area (Å²) in [5.74, 6) is 1.02. The van der Waals surface area contributed by atoms with Gasteiger partial charge in [-0.15, -0.1) is 0 Å². The highest BCUT2D eigenvalue weighted by Crippen LogP contribution is 2.43. The maximum absolute atomic E-state index is 15.6. The Kier molecular flexibility index (Phi) is 6.29. The highest BCUT2D eigenvalue weighted by molar-refractivity contribution is 5.88. The van der Waals surface area contributed by atoms with E-state index < -0.39 is 5.82 Å². The molecule has 42 heavy (non-hydrogen) atoms. The number of carbonyl (C=O) groups excluding carboxylic acids is 1. The highest BCUT2D eigenvalue weighted by atomic mass is 19.1. The lowest BCUT2D eigenvalue weighted by Gasteiger charge is -2.38. The maximum Gasteiger partial charge on any atom is 0.246 e. The van der Waals surface area contributed by atoms with Gasteiger partial charge in [-0.2, -0.15) is 0 Å². The molecule has 3 atom stereocenters. The SMILES string of the molecule is C=CC(=O)N1[C@@H]2CC[C@H]1CC(c1ccc3ncnc(Nc4ccc(Oc5cnc6c(c5)ncn6C)c(C)c4F)c3n1)C2. The topological polar surface area (TPSA) is 111 Å². The van der Waals surface area contributed by atoms with Crippen molar-refractivity contribution >= 4 is 39.6 Å². The third kappa shape index (κ3) is 4.41. The van der Waals surface area contributed by atoms with Crippen molar-refractivity contribution in [2.45, 2.75) is 50.6 Å². The van der Waals surface area contributed by atoms with Crippen LogP contribution in [0, 0.1) is 12.7 Å². The van der Waals surface area contributed by atoms with Crippen molar-refractivity contribution in [3.05, 3.63) is 78.9 Å². The second-order valence-corrected chi connectivity index (χ2v) is 11.0. The van der Waals surface area contributed by atoms with Crippen LogP contribution in [-0.2, 0) is 11.8 Å². The predicted octanol–water partition coefficient (Wildman–Crippen LogP) is 5.71. The van der Waals surface area contributed by atoms with Crippen LogP contribution in [0.3, 0.4) is 0 Å². The minimum Gasteiger partial charge on any atom is -0.455 e. The number of carbonyl (C=O) groups is 1.